The van der Waals surface area contributed by atoms with Gasteiger partial charge in [-0.05, 0) is 12.5 Å². The Labute approximate surface area is 92.0 Å². The summed E-state index contributed by atoms with van der Waals surface area (Å²) in [6.07, 6.45) is 3.84. The molecule has 3 heterocycles. The van der Waals surface area contributed by atoms with Crippen molar-refractivity contribution in [1.82, 2.24) is 9.88 Å². The molecule has 3 rings (SSSR count). The van der Waals surface area contributed by atoms with Crippen LogP contribution in [0.3, 0.4) is 0 Å². The Bertz CT molecular complexity index is 438. The predicted octanol–water partition coefficient (Wildman–Crippen LogP) is 0.834. The first-order valence-corrected chi connectivity index (χ1v) is 5.30. The van der Waals surface area contributed by atoms with Crippen molar-refractivity contribution in [2.75, 3.05) is 13.1 Å². The van der Waals surface area contributed by atoms with Crippen molar-refractivity contribution in [3.8, 4) is 0 Å². The molecule has 1 aromatic rings. The molecular formula is C11H11FN2O2. The molecule has 1 aromatic heterocycles. The van der Waals surface area contributed by atoms with Crippen LogP contribution in [0.1, 0.15) is 16.8 Å². The fraction of sp³-hybridized carbons (Fsp3) is 0.455. The van der Waals surface area contributed by atoms with Crippen molar-refractivity contribution >= 4 is 5.91 Å². The number of aromatic nitrogens is 1. The van der Waals surface area contributed by atoms with E-state index in [1.54, 1.807) is 4.90 Å². The van der Waals surface area contributed by atoms with E-state index in [1.807, 2.05) is 0 Å². The number of hydrogen-bond acceptors (Lipinski definition) is 3. The average molecular weight is 222 g/mol. The van der Waals surface area contributed by atoms with Crippen LogP contribution in [0.2, 0.25) is 0 Å². The number of epoxide rings is 1. The minimum atomic E-state index is -0.564. The van der Waals surface area contributed by atoms with E-state index >= 15 is 0 Å². The SMILES string of the molecule is O=C(c1ccncc1F)N1CC[C@@H]2O[C@@H]2C1. The highest BCUT2D eigenvalue weighted by Crippen LogP contribution is 2.31. The summed E-state index contributed by atoms with van der Waals surface area (Å²) in [7, 11) is 0. The summed E-state index contributed by atoms with van der Waals surface area (Å²) in [6, 6.07) is 1.41. The molecule has 2 fully saturated rings. The van der Waals surface area contributed by atoms with Gasteiger partial charge in [-0.3, -0.25) is 9.78 Å². The van der Waals surface area contributed by atoms with Crippen molar-refractivity contribution in [2.24, 2.45) is 0 Å². The molecule has 0 spiro atoms. The Kier molecular flexibility index (Phi) is 2.14. The molecule has 1 amide bonds. The number of amides is 1. The number of nitrogens with zero attached hydrogens (tertiary/aromatic N) is 2. The third kappa shape index (κ3) is 1.57. The Morgan fingerprint density at radius 1 is 1.56 bits per heavy atom. The second-order valence-corrected chi connectivity index (χ2v) is 4.11. The van der Waals surface area contributed by atoms with E-state index < -0.39 is 5.82 Å². The van der Waals surface area contributed by atoms with Crippen molar-refractivity contribution in [3.05, 3.63) is 29.8 Å². The number of hydrogen-bond donors (Lipinski definition) is 0. The maximum atomic E-state index is 13.4. The molecule has 2 saturated heterocycles. The van der Waals surface area contributed by atoms with Crippen molar-refractivity contribution in [2.45, 2.75) is 18.6 Å². The monoisotopic (exact) mass is 222 g/mol. The van der Waals surface area contributed by atoms with Gasteiger partial charge in [0.25, 0.3) is 5.91 Å². The quantitative estimate of drug-likeness (QED) is 0.661. The minimum absolute atomic E-state index is 0.0918. The van der Waals surface area contributed by atoms with Gasteiger partial charge >= 0.3 is 0 Å². The molecule has 0 saturated carbocycles. The smallest absolute Gasteiger partial charge is 0.257 e. The molecule has 4 nitrogen and oxygen atoms in total. The minimum Gasteiger partial charge on any atom is -0.368 e. The van der Waals surface area contributed by atoms with Crippen LogP contribution < -0.4 is 0 Å². The maximum absolute atomic E-state index is 13.4. The summed E-state index contributed by atoms with van der Waals surface area (Å²) in [6.45, 7) is 1.22. The molecule has 2 aliphatic heterocycles. The summed E-state index contributed by atoms with van der Waals surface area (Å²) < 4.78 is 18.7. The molecule has 0 unspecified atom stereocenters. The van der Waals surface area contributed by atoms with Crippen LogP contribution in [-0.4, -0.2) is 41.1 Å². The van der Waals surface area contributed by atoms with E-state index in [0.717, 1.165) is 12.6 Å². The number of rotatable bonds is 1. The highest BCUT2D eigenvalue weighted by molar-refractivity contribution is 5.94. The third-order valence-electron chi connectivity index (χ3n) is 3.06. The molecule has 0 aromatic carbocycles. The summed E-state index contributed by atoms with van der Waals surface area (Å²) in [5.41, 5.74) is 0.0918. The summed E-state index contributed by atoms with van der Waals surface area (Å²) in [5, 5.41) is 0. The normalized spacial score (nSPS) is 27.4. The lowest BCUT2D eigenvalue weighted by Gasteiger charge is -2.24. The maximum Gasteiger partial charge on any atom is 0.257 e. The van der Waals surface area contributed by atoms with Gasteiger partial charge in [0.15, 0.2) is 5.82 Å². The fourth-order valence-electron chi connectivity index (χ4n) is 2.09. The lowest BCUT2D eigenvalue weighted by Crippen LogP contribution is -2.39. The van der Waals surface area contributed by atoms with Crippen LogP contribution in [0.15, 0.2) is 18.5 Å². The molecule has 0 bridgehead atoms. The zero-order chi connectivity index (χ0) is 11.1. The molecular weight excluding hydrogens is 211 g/mol. The van der Waals surface area contributed by atoms with Gasteiger partial charge in [0, 0.05) is 19.3 Å². The molecule has 16 heavy (non-hydrogen) atoms. The number of carbonyl (C=O) groups is 1. The number of ether oxygens (including phenoxy) is 1. The van der Waals surface area contributed by atoms with Crippen LogP contribution >= 0.6 is 0 Å². The molecule has 2 aliphatic rings. The average Bonchev–Trinajstić information content (AvgIpc) is 3.06. The van der Waals surface area contributed by atoms with E-state index in [4.69, 9.17) is 4.74 Å². The number of pyridine rings is 1. The number of carbonyl (C=O) groups excluding carboxylic acids is 1. The molecule has 2 atom stereocenters. The van der Waals surface area contributed by atoms with Crippen LogP contribution in [0.4, 0.5) is 4.39 Å². The Hall–Kier alpha value is -1.49. The van der Waals surface area contributed by atoms with Crippen LogP contribution in [-0.2, 0) is 4.74 Å². The van der Waals surface area contributed by atoms with Gasteiger partial charge in [-0.15, -0.1) is 0 Å². The second-order valence-electron chi connectivity index (χ2n) is 4.11. The van der Waals surface area contributed by atoms with Gasteiger partial charge in [-0.1, -0.05) is 0 Å². The highest BCUT2D eigenvalue weighted by Gasteiger charge is 2.44. The van der Waals surface area contributed by atoms with Crippen LogP contribution in [0, 0.1) is 5.82 Å². The standard InChI is InChI=1S/C11H11FN2O2/c12-8-5-13-3-1-7(8)11(15)14-4-2-9-10(6-14)16-9/h1,3,5,9-10H,2,4,6H2/t9-,10+/m0/s1. The molecule has 0 aliphatic carbocycles. The van der Waals surface area contributed by atoms with Crippen LogP contribution in [0.25, 0.3) is 0 Å². The first-order valence-electron chi connectivity index (χ1n) is 5.30. The van der Waals surface area contributed by atoms with E-state index in [1.165, 1.54) is 12.3 Å². The summed E-state index contributed by atoms with van der Waals surface area (Å²) in [4.78, 5) is 17.3. The lowest BCUT2D eigenvalue weighted by molar-refractivity contribution is 0.0731. The number of halogens is 1. The third-order valence-corrected chi connectivity index (χ3v) is 3.06. The molecule has 0 N–H and O–H groups in total. The lowest BCUT2D eigenvalue weighted by atomic mass is 10.1. The number of fused-ring (bicyclic) bond motifs is 1. The van der Waals surface area contributed by atoms with Gasteiger partial charge < -0.3 is 9.64 Å². The van der Waals surface area contributed by atoms with E-state index in [2.05, 4.69) is 4.98 Å². The van der Waals surface area contributed by atoms with Gasteiger partial charge in [-0.25, -0.2) is 4.39 Å². The zero-order valence-corrected chi connectivity index (χ0v) is 8.60. The summed E-state index contributed by atoms with van der Waals surface area (Å²) in [5.74, 6) is -0.833. The van der Waals surface area contributed by atoms with Gasteiger partial charge in [-0.2, -0.15) is 0 Å². The first-order chi connectivity index (χ1) is 7.75. The molecule has 5 heteroatoms. The van der Waals surface area contributed by atoms with E-state index in [-0.39, 0.29) is 17.6 Å². The highest BCUT2D eigenvalue weighted by atomic mass is 19.1. The van der Waals surface area contributed by atoms with Gasteiger partial charge in [0.1, 0.15) is 6.10 Å². The van der Waals surface area contributed by atoms with Crippen molar-refractivity contribution in [1.29, 1.82) is 0 Å². The number of piperidine rings is 1. The van der Waals surface area contributed by atoms with Gasteiger partial charge in [0.2, 0.25) is 0 Å². The molecule has 84 valence electrons. The van der Waals surface area contributed by atoms with Crippen molar-refractivity contribution < 1.29 is 13.9 Å². The number of likely N-dealkylation sites (tertiary alicyclic amines) is 1. The Morgan fingerprint density at radius 2 is 2.44 bits per heavy atom. The zero-order valence-electron chi connectivity index (χ0n) is 8.60. The van der Waals surface area contributed by atoms with Crippen LogP contribution in [0.5, 0.6) is 0 Å². The van der Waals surface area contributed by atoms with E-state index in [0.29, 0.717) is 19.2 Å². The topological polar surface area (TPSA) is 45.7 Å². The molecule has 0 radical (unpaired) electrons. The first kappa shape index (κ1) is 9.72. The Balaban J connectivity index is 1.79. The second kappa shape index (κ2) is 3.52. The predicted molar refractivity (Wildman–Crippen MR) is 53.4 cm³/mol. The van der Waals surface area contributed by atoms with E-state index in [9.17, 15) is 9.18 Å². The van der Waals surface area contributed by atoms with Gasteiger partial charge in [0.05, 0.1) is 17.9 Å². The Morgan fingerprint density at radius 3 is 3.19 bits per heavy atom. The largest absolute Gasteiger partial charge is 0.368 e. The fourth-order valence-corrected chi connectivity index (χ4v) is 2.09. The van der Waals surface area contributed by atoms with Crippen molar-refractivity contribution in [3.63, 3.8) is 0 Å². The summed E-state index contributed by atoms with van der Waals surface area (Å²) >= 11 is 0.